The summed E-state index contributed by atoms with van der Waals surface area (Å²) in [5.41, 5.74) is 1.05. The number of hydrogen-bond donors (Lipinski definition) is 1. The van der Waals surface area contributed by atoms with E-state index in [1.54, 1.807) is 0 Å². The Labute approximate surface area is 126 Å². The van der Waals surface area contributed by atoms with Crippen molar-refractivity contribution in [2.24, 2.45) is 16.7 Å². The first-order valence-electron chi connectivity index (χ1n) is 7.89. The van der Waals surface area contributed by atoms with Gasteiger partial charge in [-0.25, -0.2) is 0 Å². The Morgan fingerprint density at radius 1 is 1.10 bits per heavy atom. The molecule has 1 rings (SSSR count). The van der Waals surface area contributed by atoms with Gasteiger partial charge in [0.2, 0.25) is 0 Å². The normalized spacial score (nSPS) is 21.6. The Morgan fingerprint density at radius 3 is 2.00 bits per heavy atom. The Morgan fingerprint density at radius 2 is 1.65 bits per heavy atom. The molecule has 2 nitrogen and oxygen atoms in total. The van der Waals surface area contributed by atoms with Gasteiger partial charge in [-0.15, -0.1) is 0 Å². The summed E-state index contributed by atoms with van der Waals surface area (Å²) in [6, 6.07) is 0. The van der Waals surface area contributed by atoms with Crippen LogP contribution in [-0.2, 0) is 4.65 Å². The van der Waals surface area contributed by atoms with Gasteiger partial charge in [0.1, 0.15) is 0 Å². The quantitative estimate of drug-likeness (QED) is 0.764. The molecule has 0 heterocycles. The van der Waals surface area contributed by atoms with Crippen LogP contribution in [0.4, 0.5) is 0 Å². The summed E-state index contributed by atoms with van der Waals surface area (Å²) < 4.78 is 5.95. The fourth-order valence-corrected chi connectivity index (χ4v) is 2.40. The zero-order chi connectivity index (χ0) is 15.8. The van der Waals surface area contributed by atoms with Crippen molar-refractivity contribution in [1.29, 1.82) is 0 Å². The molecule has 0 saturated heterocycles. The smallest absolute Gasteiger partial charge is 0.423 e. The van der Waals surface area contributed by atoms with Crippen LogP contribution in [0.3, 0.4) is 0 Å². The molecule has 0 spiro atoms. The molecule has 0 saturated carbocycles. The van der Waals surface area contributed by atoms with Crippen LogP contribution in [0.1, 0.15) is 74.7 Å². The molecule has 3 heteroatoms. The average molecular weight is 280 g/mol. The second-order valence-electron chi connectivity index (χ2n) is 8.85. The lowest BCUT2D eigenvalue weighted by molar-refractivity contribution is -0.0145. The minimum absolute atomic E-state index is 0.00283. The summed E-state index contributed by atoms with van der Waals surface area (Å²) in [7, 11) is -0.759. The molecule has 1 aliphatic rings. The van der Waals surface area contributed by atoms with E-state index < -0.39 is 7.12 Å². The highest BCUT2D eigenvalue weighted by atomic mass is 16.5. The maximum atomic E-state index is 10.4. The zero-order valence-corrected chi connectivity index (χ0v) is 14.7. The first kappa shape index (κ1) is 17.8. The minimum Gasteiger partial charge on any atom is -0.423 e. The van der Waals surface area contributed by atoms with Crippen LogP contribution in [0.2, 0.25) is 0 Å². The van der Waals surface area contributed by atoms with Crippen molar-refractivity contribution in [2.45, 2.75) is 80.3 Å². The van der Waals surface area contributed by atoms with Gasteiger partial charge in [-0.3, -0.25) is 0 Å². The number of allylic oxidation sites excluding steroid dienone is 2. The van der Waals surface area contributed by atoms with E-state index >= 15 is 0 Å². The number of hydrogen-bond acceptors (Lipinski definition) is 2. The fraction of sp³-hybridized carbons (Fsp3) is 0.882. The van der Waals surface area contributed by atoms with Crippen LogP contribution in [-0.4, -0.2) is 17.7 Å². The van der Waals surface area contributed by atoms with Crippen molar-refractivity contribution in [3.8, 4) is 0 Å². The molecule has 0 aromatic carbocycles. The lowest BCUT2D eigenvalue weighted by Gasteiger charge is -2.41. The van der Waals surface area contributed by atoms with Gasteiger partial charge >= 0.3 is 7.12 Å². The second kappa shape index (κ2) is 5.85. The third-order valence-electron chi connectivity index (χ3n) is 5.20. The van der Waals surface area contributed by atoms with Crippen LogP contribution in [0.5, 0.6) is 0 Å². The van der Waals surface area contributed by atoms with E-state index in [2.05, 4.69) is 61.5 Å². The molecule has 0 bridgehead atoms. The van der Waals surface area contributed by atoms with Gasteiger partial charge in [-0.05, 0) is 55.3 Å². The first-order chi connectivity index (χ1) is 8.84. The van der Waals surface area contributed by atoms with E-state index in [4.69, 9.17) is 4.65 Å². The summed E-state index contributed by atoms with van der Waals surface area (Å²) in [4.78, 5) is 0. The van der Waals surface area contributed by atoms with Gasteiger partial charge in [0.05, 0.1) is 5.60 Å². The summed E-state index contributed by atoms with van der Waals surface area (Å²) in [5, 5.41) is 10.4. The van der Waals surface area contributed by atoms with E-state index in [0.717, 1.165) is 24.7 Å². The minimum atomic E-state index is -0.759. The Balaban J connectivity index is 2.67. The largest absolute Gasteiger partial charge is 0.486 e. The predicted octanol–water partition coefficient (Wildman–Crippen LogP) is 4.62. The maximum absolute atomic E-state index is 10.4. The van der Waals surface area contributed by atoms with Crippen molar-refractivity contribution in [1.82, 2.24) is 0 Å². The maximum Gasteiger partial charge on any atom is 0.486 e. The van der Waals surface area contributed by atoms with Crippen molar-refractivity contribution in [3.05, 3.63) is 11.5 Å². The summed E-state index contributed by atoms with van der Waals surface area (Å²) in [6.45, 7) is 17.4. The molecule has 1 aliphatic carbocycles. The van der Waals surface area contributed by atoms with Crippen LogP contribution in [0, 0.1) is 16.7 Å². The molecule has 1 unspecified atom stereocenters. The van der Waals surface area contributed by atoms with Crippen LogP contribution in [0.25, 0.3) is 0 Å². The summed E-state index contributed by atoms with van der Waals surface area (Å²) in [6.07, 6.45) is 5.34. The van der Waals surface area contributed by atoms with Crippen molar-refractivity contribution < 1.29 is 9.68 Å². The van der Waals surface area contributed by atoms with Crippen molar-refractivity contribution in [2.75, 3.05) is 0 Å². The van der Waals surface area contributed by atoms with Gasteiger partial charge in [0, 0.05) is 0 Å². The molecular weight excluding hydrogens is 247 g/mol. The zero-order valence-electron chi connectivity index (χ0n) is 14.7. The lowest BCUT2D eigenvalue weighted by Crippen LogP contribution is -2.45. The standard InChI is InChI=1S/C17H33BO2/c1-15(2,3)13-9-11-14(12-10-13)18(19)20-17(7,8)16(4,5)6/h11,13,19H,9-10,12H2,1-8H3. The Hall–Kier alpha value is -0.275. The molecule has 0 radical (unpaired) electrons. The van der Waals surface area contributed by atoms with E-state index in [1.165, 1.54) is 0 Å². The Bertz CT molecular complexity index is 358. The average Bonchev–Trinajstić information content (AvgIpc) is 2.26. The molecule has 0 fully saturated rings. The lowest BCUT2D eigenvalue weighted by atomic mass is 9.65. The topological polar surface area (TPSA) is 29.5 Å². The molecule has 1 N–H and O–H groups in total. The molecule has 116 valence electrons. The van der Waals surface area contributed by atoms with Crippen molar-refractivity contribution in [3.63, 3.8) is 0 Å². The third kappa shape index (κ3) is 4.36. The monoisotopic (exact) mass is 280 g/mol. The van der Waals surface area contributed by atoms with E-state index in [1.807, 2.05) is 0 Å². The fourth-order valence-electron chi connectivity index (χ4n) is 2.40. The molecule has 1 atom stereocenters. The third-order valence-corrected chi connectivity index (χ3v) is 5.20. The Kier molecular flexibility index (Phi) is 5.19. The molecule has 0 aliphatic heterocycles. The number of rotatable bonds is 3. The summed E-state index contributed by atoms with van der Waals surface area (Å²) in [5.74, 6) is 0.703. The molecule has 0 aromatic rings. The second-order valence-corrected chi connectivity index (χ2v) is 8.85. The first-order valence-corrected chi connectivity index (χ1v) is 7.89. The van der Waals surface area contributed by atoms with Crippen molar-refractivity contribution >= 4 is 7.12 Å². The van der Waals surface area contributed by atoms with E-state index in [9.17, 15) is 5.02 Å². The van der Waals surface area contributed by atoms with Crippen LogP contribution >= 0.6 is 0 Å². The van der Waals surface area contributed by atoms with E-state index in [-0.39, 0.29) is 11.0 Å². The molecule has 0 aromatic heterocycles. The molecular formula is C17H33BO2. The van der Waals surface area contributed by atoms with Gasteiger partial charge in [0.25, 0.3) is 0 Å². The van der Waals surface area contributed by atoms with Gasteiger partial charge in [-0.2, -0.15) is 0 Å². The highest BCUT2D eigenvalue weighted by molar-refractivity contribution is 6.52. The van der Waals surface area contributed by atoms with Gasteiger partial charge < -0.3 is 9.68 Å². The van der Waals surface area contributed by atoms with Gasteiger partial charge in [0.15, 0.2) is 0 Å². The predicted molar refractivity (Wildman–Crippen MR) is 87.5 cm³/mol. The van der Waals surface area contributed by atoms with E-state index in [0.29, 0.717) is 11.3 Å². The SMILES string of the molecule is CC(C)(C)C1CC=C(B(O)OC(C)(C)C(C)(C)C)CC1. The summed E-state index contributed by atoms with van der Waals surface area (Å²) >= 11 is 0. The molecule has 0 amide bonds. The molecule has 20 heavy (non-hydrogen) atoms. The highest BCUT2D eigenvalue weighted by Crippen LogP contribution is 2.39. The van der Waals surface area contributed by atoms with Crippen LogP contribution < -0.4 is 0 Å². The highest BCUT2D eigenvalue weighted by Gasteiger charge is 2.39. The van der Waals surface area contributed by atoms with Gasteiger partial charge in [-0.1, -0.05) is 47.6 Å². The van der Waals surface area contributed by atoms with Crippen LogP contribution in [0.15, 0.2) is 11.5 Å².